The Kier molecular flexibility index (Phi) is 4.43. The first kappa shape index (κ1) is 12.3. The fourth-order valence-corrected chi connectivity index (χ4v) is 2.12. The second-order valence-electron chi connectivity index (χ2n) is 5.18. The molecule has 0 radical (unpaired) electrons. The van der Waals surface area contributed by atoms with Gasteiger partial charge in [0.05, 0.1) is 6.10 Å². The van der Waals surface area contributed by atoms with Gasteiger partial charge in [-0.2, -0.15) is 0 Å². The van der Waals surface area contributed by atoms with E-state index in [0.29, 0.717) is 0 Å². The topological polar surface area (TPSA) is 38.3 Å². The molecule has 0 heterocycles. The van der Waals surface area contributed by atoms with Crippen molar-refractivity contribution < 1.29 is 9.53 Å². The summed E-state index contributed by atoms with van der Waals surface area (Å²) in [7, 11) is 0. The number of amides is 1. The van der Waals surface area contributed by atoms with Gasteiger partial charge in [0, 0.05) is 6.54 Å². The zero-order valence-electron chi connectivity index (χ0n) is 10.1. The quantitative estimate of drug-likeness (QED) is 0.782. The Balaban J connectivity index is 2.25. The number of hydrogen-bond donors (Lipinski definition) is 1. The molecule has 0 unspecified atom stereocenters. The molecule has 1 aliphatic carbocycles. The number of hydrogen-bond acceptors (Lipinski definition) is 2. The average Bonchev–Trinajstić information content (AvgIpc) is 2.15. The molecule has 0 spiro atoms. The van der Waals surface area contributed by atoms with E-state index in [9.17, 15) is 4.79 Å². The molecular formula is C12H23NO2. The van der Waals surface area contributed by atoms with Crippen LogP contribution in [-0.2, 0) is 4.74 Å². The summed E-state index contributed by atoms with van der Waals surface area (Å²) < 4.78 is 5.04. The summed E-state index contributed by atoms with van der Waals surface area (Å²) in [6.07, 6.45) is 6.03. The van der Waals surface area contributed by atoms with Crippen LogP contribution in [0.5, 0.6) is 0 Å². The molecule has 1 fully saturated rings. The van der Waals surface area contributed by atoms with Gasteiger partial charge in [-0.1, -0.05) is 26.2 Å². The first-order chi connectivity index (χ1) is 7.02. The highest BCUT2D eigenvalue weighted by molar-refractivity contribution is 5.67. The molecule has 88 valence electrons. The molecule has 3 heteroatoms. The van der Waals surface area contributed by atoms with Crippen molar-refractivity contribution in [2.75, 3.05) is 6.54 Å². The first-order valence-corrected chi connectivity index (χ1v) is 5.96. The van der Waals surface area contributed by atoms with E-state index in [-0.39, 0.29) is 17.6 Å². The van der Waals surface area contributed by atoms with E-state index < -0.39 is 0 Å². The Morgan fingerprint density at radius 3 is 2.47 bits per heavy atom. The van der Waals surface area contributed by atoms with Crippen molar-refractivity contribution in [1.29, 1.82) is 0 Å². The van der Waals surface area contributed by atoms with Crippen LogP contribution in [0, 0.1) is 5.41 Å². The van der Waals surface area contributed by atoms with Crippen LogP contribution in [0.2, 0.25) is 0 Å². The van der Waals surface area contributed by atoms with Crippen molar-refractivity contribution in [1.82, 2.24) is 5.32 Å². The zero-order chi connectivity index (χ0) is 11.3. The maximum atomic E-state index is 11.3. The molecule has 1 rings (SSSR count). The minimum atomic E-state index is -0.281. The molecule has 0 aliphatic heterocycles. The second kappa shape index (κ2) is 5.38. The largest absolute Gasteiger partial charge is 0.447 e. The molecule has 15 heavy (non-hydrogen) atoms. The Hall–Kier alpha value is -0.730. The number of carbonyl (C=O) groups excluding carboxylic acids is 1. The van der Waals surface area contributed by atoms with E-state index >= 15 is 0 Å². The van der Waals surface area contributed by atoms with Gasteiger partial charge in [0.1, 0.15) is 0 Å². The highest BCUT2D eigenvalue weighted by atomic mass is 16.6. The van der Waals surface area contributed by atoms with E-state index in [1.165, 1.54) is 32.1 Å². The Labute approximate surface area is 92.6 Å². The molecule has 1 aliphatic rings. The third kappa shape index (κ3) is 4.54. The number of nitrogens with one attached hydrogen (secondary N) is 1. The van der Waals surface area contributed by atoms with Gasteiger partial charge >= 0.3 is 6.09 Å². The molecule has 1 saturated carbocycles. The lowest BCUT2D eigenvalue weighted by Gasteiger charge is -2.33. The van der Waals surface area contributed by atoms with Crippen molar-refractivity contribution in [2.45, 2.75) is 59.0 Å². The van der Waals surface area contributed by atoms with Crippen LogP contribution >= 0.6 is 0 Å². The molecule has 0 aromatic heterocycles. The summed E-state index contributed by atoms with van der Waals surface area (Å²) in [6.45, 7) is 6.73. The van der Waals surface area contributed by atoms with Gasteiger partial charge in [0.25, 0.3) is 0 Å². The molecule has 0 saturated heterocycles. The molecule has 1 amide bonds. The van der Waals surface area contributed by atoms with E-state index in [2.05, 4.69) is 12.2 Å². The van der Waals surface area contributed by atoms with Crippen molar-refractivity contribution >= 4 is 6.09 Å². The second-order valence-corrected chi connectivity index (χ2v) is 5.18. The monoisotopic (exact) mass is 213 g/mol. The van der Waals surface area contributed by atoms with Crippen molar-refractivity contribution in [3.8, 4) is 0 Å². The van der Waals surface area contributed by atoms with Gasteiger partial charge in [-0.05, 0) is 32.1 Å². The summed E-state index contributed by atoms with van der Waals surface area (Å²) in [5, 5.41) is 2.86. The fourth-order valence-electron chi connectivity index (χ4n) is 2.12. The van der Waals surface area contributed by atoms with Gasteiger partial charge in [-0.3, -0.25) is 0 Å². The summed E-state index contributed by atoms with van der Waals surface area (Å²) in [6, 6.07) is 0. The fraction of sp³-hybridized carbons (Fsp3) is 0.917. The van der Waals surface area contributed by atoms with Gasteiger partial charge in [0.2, 0.25) is 0 Å². The van der Waals surface area contributed by atoms with Crippen molar-refractivity contribution in [3.05, 3.63) is 0 Å². The highest BCUT2D eigenvalue weighted by Crippen LogP contribution is 2.34. The molecule has 3 nitrogen and oxygen atoms in total. The number of alkyl carbamates (subject to hydrolysis) is 1. The smallest absolute Gasteiger partial charge is 0.407 e. The molecule has 0 bridgehead atoms. The standard InChI is InChI=1S/C12H23NO2/c1-10(2)15-11(14)13-9-12(3)7-5-4-6-8-12/h10H,4-9H2,1-3H3,(H,13,14). The van der Waals surface area contributed by atoms with E-state index in [1.54, 1.807) is 0 Å². The summed E-state index contributed by atoms with van der Waals surface area (Å²) in [5.41, 5.74) is 0.286. The predicted molar refractivity (Wildman–Crippen MR) is 60.8 cm³/mol. The molecule has 1 N–H and O–H groups in total. The normalized spacial score (nSPS) is 20.0. The summed E-state index contributed by atoms with van der Waals surface area (Å²) >= 11 is 0. The zero-order valence-corrected chi connectivity index (χ0v) is 10.1. The van der Waals surface area contributed by atoms with Crippen LogP contribution in [-0.4, -0.2) is 18.7 Å². The Bertz CT molecular complexity index is 208. The van der Waals surface area contributed by atoms with Gasteiger partial charge in [-0.25, -0.2) is 4.79 Å². The summed E-state index contributed by atoms with van der Waals surface area (Å²) in [4.78, 5) is 11.3. The highest BCUT2D eigenvalue weighted by Gasteiger charge is 2.27. The van der Waals surface area contributed by atoms with E-state index in [1.807, 2.05) is 13.8 Å². The molecule has 0 atom stereocenters. The Morgan fingerprint density at radius 1 is 1.33 bits per heavy atom. The Morgan fingerprint density at radius 2 is 1.93 bits per heavy atom. The SMILES string of the molecule is CC(C)OC(=O)NCC1(C)CCCCC1. The molecular weight excluding hydrogens is 190 g/mol. The minimum Gasteiger partial charge on any atom is -0.447 e. The van der Waals surface area contributed by atoms with Crippen molar-refractivity contribution in [3.63, 3.8) is 0 Å². The van der Waals surface area contributed by atoms with Crippen LogP contribution in [0.25, 0.3) is 0 Å². The predicted octanol–water partition coefficient (Wildman–Crippen LogP) is 3.09. The lowest BCUT2D eigenvalue weighted by Crippen LogP contribution is -2.38. The van der Waals surface area contributed by atoms with Crippen molar-refractivity contribution in [2.24, 2.45) is 5.41 Å². The average molecular weight is 213 g/mol. The molecule has 0 aromatic carbocycles. The number of ether oxygens (including phenoxy) is 1. The van der Waals surface area contributed by atoms with Crippen LogP contribution in [0.1, 0.15) is 52.9 Å². The number of rotatable bonds is 3. The lowest BCUT2D eigenvalue weighted by atomic mass is 9.76. The van der Waals surface area contributed by atoms with Gasteiger partial charge in [0.15, 0.2) is 0 Å². The van der Waals surface area contributed by atoms with Crippen LogP contribution < -0.4 is 5.32 Å². The van der Waals surface area contributed by atoms with E-state index in [0.717, 1.165) is 6.54 Å². The maximum absolute atomic E-state index is 11.3. The maximum Gasteiger partial charge on any atom is 0.407 e. The molecule has 0 aromatic rings. The third-order valence-corrected chi connectivity index (χ3v) is 3.06. The van der Waals surface area contributed by atoms with Crippen LogP contribution in [0.3, 0.4) is 0 Å². The first-order valence-electron chi connectivity index (χ1n) is 5.96. The summed E-state index contributed by atoms with van der Waals surface area (Å²) in [5.74, 6) is 0. The lowest BCUT2D eigenvalue weighted by molar-refractivity contribution is 0.107. The van der Waals surface area contributed by atoms with Crippen LogP contribution in [0.15, 0.2) is 0 Å². The van der Waals surface area contributed by atoms with Gasteiger partial charge < -0.3 is 10.1 Å². The van der Waals surface area contributed by atoms with Gasteiger partial charge in [-0.15, -0.1) is 0 Å². The van der Waals surface area contributed by atoms with Crippen LogP contribution in [0.4, 0.5) is 4.79 Å². The minimum absolute atomic E-state index is 0.0378. The number of carbonyl (C=O) groups is 1. The van der Waals surface area contributed by atoms with E-state index in [4.69, 9.17) is 4.74 Å². The third-order valence-electron chi connectivity index (χ3n) is 3.06.